The summed E-state index contributed by atoms with van der Waals surface area (Å²) in [7, 11) is 0. The molecule has 0 bridgehead atoms. The Morgan fingerprint density at radius 2 is 1.95 bits per heavy atom. The Hall–Kier alpha value is -1.84. The van der Waals surface area contributed by atoms with Crippen molar-refractivity contribution in [2.75, 3.05) is 6.61 Å². The van der Waals surface area contributed by atoms with Gasteiger partial charge in [-0.2, -0.15) is 5.10 Å². The van der Waals surface area contributed by atoms with Gasteiger partial charge in [0.25, 0.3) is 5.91 Å². The van der Waals surface area contributed by atoms with Gasteiger partial charge in [-0.15, -0.1) is 0 Å². The molecule has 0 atom stereocenters. The van der Waals surface area contributed by atoms with Crippen molar-refractivity contribution in [1.29, 1.82) is 0 Å². The van der Waals surface area contributed by atoms with Crippen LogP contribution in [0, 0.1) is 5.92 Å². The molecule has 0 saturated carbocycles. The molecule has 1 aromatic carbocycles. The Bertz CT molecular complexity index is 439. The number of nitrogens with one attached hydrogen (secondary N) is 1. The number of unbranched alkanes of at least 4 members (excludes halogenated alkanes) is 3. The van der Waals surface area contributed by atoms with E-state index in [-0.39, 0.29) is 5.91 Å². The molecule has 0 saturated heterocycles. The fraction of sp³-hybridized carbons (Fsp3) is 0.529. The van der Waals surface area contributed by atoms with E-state index in [0.29, 0.717) is 11.5 Å². The molecular formula is C17H26N2O2. The van der Waals surface area contributed by atoms with Crippen molar-refractivity contribution in [2.24, 2.45) is 11.0 Å². The van der Waals surface area contributed by atoms with Gasteiger partial charge in [-0.25, -0.2) is 5.43 Å². The van der Waals surface area contributed by atoms with Crippen LogP contribution in [0.2, 0.25) is 0 Å². The van der Waals surface area contributed by atoms with E-state index >= 15 is 0 Å². The summed E-state index contributed by atoms with van der Waals surface area (Å²) in [5, 5.41) is 3.89. The largest absolute Gasteiger partial charge is 0.494 e. The Morgan fingerprint density at radius 1 is 1.24 bits per heavy atom. The van der Waals surface area contributed by atoms with Gasteiger partial charge in [0.2, 0.25) is 0 Å². The first-order valence-corrected chi connectivity index (χ1v) is 7.70. The van der Waals surface area contributed by atoms with E-state index in [1.807, 2.05) is 26.0 Å². The molecule has 116 valence electrons. The number of carbonyl (C=O) groups excluding carboxylic acids is 1. The topological polar surface area (TPSA) is 50.7 Å². The van der Waals surface area contributed by atoms with Crippen LogP contribution in [0.3, 0.4) is 0 Å². The molecule has 0 unspecified atom stereocenters. The Balaban J connectivity index is 2.37. The van der Waals surface area contributed by atoms with Crippen molar-refractivity contribution in [1.82, 2.24) is 5.43 Å². The zero-order valence-corrected chi connectivity index (χ0v) is 13.3. The lowest BCUT2D eigenvalue weighted by atomic mass is 10.2. The fourth-order valence-electron chi connectivity index (χ4n) is 1.73. The predicted molar refractivity (Wildman–Crippen MR) is 86.9 cm³/mol. The second kappa shape index (κ2) is 9.97. The van der Waals surface area contributed by atoms with Gasteiger partial charge in [0.05, 0.1) is 6.61 Å². The Morgan fingerprint density at radius 3 is 2.57 bits per heavy atom. The molecule has 0 aliphatic heterocycles. The summed E-state index contributed by atoms with van der Waals surface area (Å²) < 4.78 is 5.64. The molecule has 0 radical (unpaired) electrons. The normalized spacial score (nSPS) is 11.0. The third-order valence-corrected chi connectivity index (χ3v) is 2.92. The number of rotatable bonds is 9. The maximum atomic E-state index is 11.8. The van der Waals surface area contributed by atoms with Crippen molar-refractivity contribution < 1.29 is 9.53 Å². The third-order valence-electron chi connectivity index (χ3n) is 2.92. The monoisotopic (exact) mass is 290 g/mol. The molecule has 1 aromatic rings. The van der Waals surface area contributed by atoms with E-state index in [1.54, 1.807) is 18.3 Å². The molecular weight excluding hydrogens is 264 g/mol. The first-order chi connectivity index (χ1) is 10.1. The Kier molecular flexibility index (Phi) is 8.17. The van der Waals surface area contributed by atoms with Gasteiger partial charge in [0.15, 0.2) is 0 Å². The van der Waals surface area contributed by atoms with Crippen molar-refractivity contribution in [3.05, 3.63) is 29.8 Å². The molecule has 1 N–H and O–H groups in total. The van der Waals surface area contributed by atoms with Gasteiger partial charge >= 0.3 is 0 Å². The molecule has 0 spiro atoms. The molecule has 1 amide bonds. The number of ether oxygens (including phenoxy) is 1. The highest BCUT2D eigenvalue weighted by atomic mass is 16.5. The van der Waals surface area contributed by atoms with Crippen molar-refractivity contribution in [3.63, 3.8) is 0 Å². The average molecular weight is 290 g/mol. The molecule has 0 aromatic heterocycles. The van der Waals surface area contributed by atoms with Gasteiger partial charge in [-0.05, 0) is 36.6 Å². The SMILES string of the molecule is CCCCCCOc1ccc(C(=O)NN=CC(C)C)cc1. The number of amides is 1. The fourth-order valence-corrected chi connectivity index (χ4v) is 1.73. The van der Waals surface area contributed by atoms with E-state index in [1.165, 1.54) is 19.3 Å². The minimum atomic E-state index is -0.207. The van der Waals surface area contributed by atoms with Crippen LogP contribution in [0.15, 0.2) is 29.4 Å². The average Bonchev–Trinajstić information content (AvgIpc) is 2.47. The van der Waals surface area contributed by atoms with Crippen LogP contribution in [0.1, 0.15) is 56.8 Å². The van der Waals surface area contributed by atoms with Crippen LogP contribution in [0.5, 0.6) is 5.75 Å². The smallest absolute Gasteiger partial charge is 0.271 e. The van der Waals surface area contributed by atoms with Crippen LogP contribution < -0.4 is 10.2 Å². The number of carbonyl (C=O) groups is 1. The maximum Gasteiger partial charge on any atom is 0.271 e. The number of nitrogens with zero attached hydrogens (tertiary/aromatic N) is 1. The molecule has 0 aliphatic rings. The summed E-state index contributed by atoms with van der Waals surface area (Å²) in [5.74, 6) is 0.906. The van der Waals surface area contributed by atoms with Crippen LogP contribution in [-0.4, -0.2) is 18.7 Å². The quantitative estimate of drug-likeness (QED) is 0.424. The molecule has 0 heterocycles. The van der Waals surface area contributed by atoms with E-state index in [4.69, 9.17) is 4.74 Å². The number of hydrazone groups is 1. The summed E-state index contributed by atoms with van der Waals surface area (Å²) in [4.78, 5) is 11.8. The zero-order valence-electron chi connectivity index (χ0n) is 13.3. The van der Waals surface area contributed by atoms with E-state index in [9.17, 15) is 4.79 Å². The summed E-state index contributed by atoms with van der Waals surface area (Å²) in [5.41, 5.74) is 3.08. The van der Waals surface area contributed by atoms with Gasteiger partial charge < -0.3 is 4.74 Å². The standard InChI is InChI=1S/C17H26N2O2/c1-4-5-6-7-12-21-16-10-8-15(9-11-16)17(20)19-18-13-14(2)3/h8-11,13-14H,4-7,12H2,1-3H3,(H,19,20). The van der Waals surface area contributed by atoms with E-state index < -0.39 is 0 Å². The maximum absolute atomic E-state index is 11.8. The predicted octanol–water partition coefficient (Wildman–Crippen LogP) is 4.02. The third kappa shape index (κ3) is 7.49. The van der Waals surface area contributed by atoms with Gasteiger partial charge in [-0.3, -0.25) is 4.79 Å². The van der Waals surface area contributed by atoms with Crippen LogP contribution >= 0.6 is 0 Å². The second-order valence-electron chi connectivity index (χ2n) is 5.40. The molecule has 4 nitrogen and oxygen atoms in total. The molecule has 1 rings (SSSR count). The second-order valence-corrected chi connectivity index (χ2v) is 5.40. The highest BCUT2D eigenvalue weighted by Gasteiger charge is 2.04. The highest BCUT2D eigenvalue weighted by Crippen LogP contribution is 2.13. The van der Waals surface area contributed by atoms with Gasteiger partial charge in [0, 0.05) is 11.8 Å². The van der Waals surface area contributed by atoms with Crippen LogP contribution in [0.25, 0.3) is 0 Å². The minimum absolute atomic E-state index is 0.207. The summed E-state index contributed by atoms with van der Waals surface area (Å²) in [6.45, 7) is 6.92. The minimum Gasteiger partial charge on any atom is -0.494 e. The van der Waals surface area contributed by atoms with Crippen LogP contribution in [-0.2, 0) is 0 Å². The Labute approximate surface area is 127 Å². The molecule has 0 aliphatic carbocycles. The molecule has 0 fully saturated rings. The lowest BCUT2D eigenvalue weighted by Crippen LogP contribution is -2.17. The number of hydrogen-bond donors (Lipinski definition) is 1. The summed E-state index contributed by atoms with van der Waals surface area (Å²) in [6.07, 6.45) is 6.44. The first-order valence-electron chi connectivity index (χ1n) is 7.70. The zero-order chi connectivity index (χ0) is 15.5. The van der Waals surface area contributed by atoms with Gasteiger partial charge in [-0.1, -0.05) is 40.0 Å². The number of hydrogen-bond acceptors (Lipinski definition) is 3. The lowest BCUT2D eigenvalue weighted by molar-refractivity contribution is 0.0955. The van der Waals surface area contributed by atoms with Gasteiger partial charge in [0.1, 0.15) is 5.75 Å². The number of benzene rings is 1. The van der Waals surface area contributed by atoms with Crippen molar-refractivity contribution in [3.8, 4) is 5.75 Å². The summed E-state index contributed by atoms with van der Waals surface area (Å²) >= 11 is 0. The molecule has 21 heavy (non-hydrogen) atoms. The van der Waals surface area contributed by atoms with Crippen molar-refractivity contribution in [2.45, 2.75) is 46.5 Å². The highest BCUT2D eigenvalue weighted by molar-refractivity contribution is 5.94. The summed E-state index contributed by atoms with van der Waals surface area (Å²) in [6, 6.07) is 7.14. The van der Waals surface area contributed by atoms with E-state index in [2.05, 4.69) is 17.5 Å². The van der Waals surface area contributed by atoms with Crippen molar-refractivity contribution >= 4 is 12.1 Å². The van der Waals surface area contributed by atoms with Crippen LogP contribution in [0.4, 0.5) is 0 Å². The first kappa shape index (κ1) is 17.2. The molecule has 4 heteroatoms. The van der Waals surface area contributed by atoms with E-state index in [0.717, 1.165) is 18.8 Å². The lowest BCUT2D eigenvalue weighted by Gasteiger charge is -2.06.